The van der Waals surface area contributed by atoms with E-state index in [2.05, 4.69) is 5.32 Å². The first kappa shape index (κ1) is 18.8. The Hall–Kier alpha value is -1.28. The topological polar surface area (TPSA) is 15.3 Å². The van der Waals surface area contributed by atoms with Crippen molar-refractivity contribution in [2.24, 2.45) is 0 Å². The standard InChI is InChI=1S/C14H18F6N2/c1-9(22(3)5-4-21-2)10-6-11(13(15,16)17)8-12(7-10)14(18,19)20/h6-9,21H,4-5H2,1-3H3. The Morgan fingerprint density at radius 1 is 1.00 bits per heavy atom. The van der Waals surface area contributed by atoms with Crippen LogP contribution in [0.2, 0.25) is 0 Å². The third-order valence-electron chi connectivity index (χ3n) is 3.47. The summed E-state index contributed by atoms with van der Waals surface area (Å²) in [4.78, 5) is 1.69. The van der Waals surface area contributed by atoms with Crippen molar-refractivity contribution in [3.63, 3.8) is 0 Å². The van der Waals surface area contributed by atoms with Gasteiger partial charge in [0.25, 0.3) is 0 Å². The number of likely N-dealkylation sites (N-methyl/N-ethyl adjacent to an activating group) is 2. The Balaban J connectivity index is 3.23. The van der Waals surface area contributed by atoms with Gasteiger partial charge in [-0.15, -0.1) is 0 Å². The number of nitrogens with one attached hydrogen (secondary N) is 1. The fraction of sp³-hybridized carbons (Fsp3) is 0.571. The van der Waals surface area contributed by atoms with Gasteiger partial charge in [-0.2, -0.15) is 26.3 Å². The molecule has 0 aliphatic heterocycles. The highest BCUT2D eigenvalue weighted by molar-refractivity contribution is 5.35. The van der Waals surface area contributed by atoms with Gasteiger partial charge in [0.05, 0.1) is 11.1 Å². The highest BCUT2D eigenvalue weighted by Gasteiger charge is 2.37. The van der Waals surface area contributed by atoms with Crippen LogP contribution in [0.15, 0.2) is 18.2 Å². The lowest BCUT2D eigenvalue weighted by molar-refractivity contribution is -0.143. The van der Waals surface area contributed by atoms with Crippen molar-refractivity contribution < 1.29 is 26.3 Å². The number of rotatable bonds is 5. The molecule has 0 aliphatic carbocycles. The van der Waals surface area contributed by atoms with Crippen molar-refractivity contribution in [1.82, 2.24) is 10.2 Å². The molecule has 1 aromatic rings. The van der Waals surface area contributed by atoms with E-state index in [-0.39, 0.29) is 11.6 Å². The number of hydrogen-bond acceptors (Lipinski definition) is 2. The fourth-order valence-electron chi connectivity index (χ4n) is 1.96. The molecule has 1 unspecified atom stereocenters. The van der Waals surface area contributed by atoms with Gasteiger partial charge in [-0.3, -0.25) is 4.90 Å². The maximum atomic E-state index is 12.8. The number of benzene rings is 1. The smallest absolute Gasteiger partial charge is 0.318 e. The lowest BCUT2D eigenvalue weighted by Gasteiger charge is -2.26. The molecule has 0 spiro atoms. The molecule has 0 amide bonds. The van der Waals surface area contributed by atoms with Crippen LogP contribution in [-0.4, -0.2) is 32.1 Å². The third kappa shape index (κ3) is 4.88. The Morgan fingerprint density at radius 2 is 1.45 bits per heavy atom. The van der Waals surface area contributed by atoms with Crippen LogP contribution in [0.1, 0.15) is 29.7 Å². The van der Waals surface area contributed by atoms with Gasteiger partial charge in [-0.1, -0.05) is 0 Å². The lowest BCUT2D eigenvalue weighted by atomic mass is 9.99. The molecule has 126 valence electrons. The minimum atomic E-state index is -4.82. The summed E-state index contributed by atoms with van der Waals surface area (Å²) in [5.74, 6) is 0. The van der Waals surface area contributed by atoms with E-state index in [1.165, 1.54) is 0 Å². The van der Waals surface area contributed by atoms with Crippen LogP contribution >= 0.6 is 0 Å². The van der Waals surface area contributed by atoms with Crippen molar-refractivity contribution in [1.29, 1.82) is 0 Å². The molecule has 1 aromatic carbocycles. The first-order chi connectivity index (χ1) is 9.96. The lowest BCUT2D eigenvalue weighted by Crippen LogP contribution is -2.30. The summed E-state index contributed by atoms with van der Waals surface area (Å²) in [5.41, 5.74) is -2.59. The van der Waals surface area contributed by atoms with Crippen LogP contribution in [0.4, 0.5) is 26.3 Å². The highest BCUT2D eigenvalue weighted by atomic mass is 19.4. The van der Waals surface area contributed by atoms with Gasteiger partial charge in [0.2, 0.25) is 0 Å². The second-order valence-electron chi connectivity index (χ2n) is 5.10. The molecule has 0 saturated heterocycles. The van der Waals surface area contributed by atoms with E-state index in [9.17, 15) is 26.3 Å². The molecule has 22 heavy (non-hydrogen) atoms. The second-order valence-corrected chi connectivity index (χ2v) is 5.10. The zero-order valence-electron chi connectivity index (χ0n) is 12.4. The number of alkyl halides is 6. The van der Waals surface area contributed by atoms with E-state index in [0.717, 1.165) is 12.1 Å². The number of hydrogen-bond donors (Lipinski definition) is 1. The molecular weight excluding hydrogens is 310 g/mol. The Bertz CT molecular complexity index is 463. The summed E-state index contributed by atoms with van der Waals surface area (Å²) in [6, 6.07) is 1.12. The summed E-state index contributed by atoms with van der Waals surface area (Å²) in [6.07, 6.45) is -9.64. The molecule has 2 nitrogen and oxygen atoms in total. The normalized spacial score (nSPS) is 14.5. The van der Waals surface area contributed by atoms with Crippen LogP contribution < -0.4 is 5.32 Å². The van der Waals surface area contributed by atoms with Gasteiger partial charge in [0.1, 0.15) is 0 Å². The van der Waals surface area contributed by atoms with Gasteiger partial charge in [-0.05, 0) is 44.8 Å². The maximum Gasteiger partial charge on any atom is 0.416 e. The molecule has 1 atom stereocenters. The summed E-state index contributed by atoms with van der Waals surface area (Å²) in [6.45, 7) is 2.65. The van der Waals surface area contributed by atoms with Gasteiger partial charge in [-0.25, -0.2) is 0 Å². The summed E-state index contributed by atoms with van der Waals surface area (Å²) in [5, 5.41) is 2.87. The average molecular weight is 328 g/mol. The number of halogens is 6. The first-order valence-corrected chi connectivity index (χ1v) is 6.61. The molecule has 0 bridgehead atoms. The van der Waals surface area contributed by atoms with Crippen molar-refractivity contribution in [2.75, 3.05) is 27.2 Å². The van der Waals surface area contributed by atoms with Gasteiger partial charge >= 0.3 is 12.4 Å². The monoisotopic (exact) mass is 328 g/mol. The SMILES string of the molecule is CNCCN(C)C(C)c1cc(C(F)(F)F)cc(C(F)(F)F)c1. The van der Waals surface area contributed by atoms with Gasteiger partial charge in [0.15, 0.2) is 0 Å². The van der Waals surface area contributed by atoms with Crippen LogP contribution in [0.5, 0.6) is 0 Å². The second kappa shape index (κ2) is 6.87. The molecule has 0 fully saturated rings. The van der Waals surface area contributed by atoms with E-state index in [1.807, 2.05) is 0 Å². The van der Waals surface area contributed by atoms with E-state index in [4.69, 9.17) is 0 Å². The predicted molar refractivity (Wildman–Crippen MR) is 71.4 cm³/mol. The van der Waals surface area contributed by atoms with Gasteiger partial charge in [0, 0.05) is 19.1 Å². The van der Waals surface area contributed by atoms with Crippen molar-refractivity contribution in [3.8, 4) is 0 Å². The average Bonchev–Trinajstić information content (AvgIpc) is 2.41. The van der Waals surface area contributed by atoms with Crippen LogP contribution in [-0.2, 0) is 12.4 Å². The summed E-state index contributed by atoms with van der Waals surface area (Å²) < 4.78 is 76.9. The molecule has 0 heterocycles. The predicted octanol–water partition coefficient (Wildman–Crippen LogP) is 3.94. The van der Waals surface area contributed by atoms with Crippen LogP contribution in [0, 0.1) is 0 Å². The van der Waals surface area contributed by atoms with Crippen molar-refractivity contribution >= 4 is 0 Å². The number of nitrogens with zero attached hydrogens (tertiary/aromatic N) is 1. The van der Waals surface area contributed by atoms with Crippen molar-refractivity contribution in [2.45, 2.75) is 25.3 Å². The molecule has 0 aromatic heterocycles. The molecule has 1 N–H and O–H groups in total. The van der Waals surface area contributed by atoms with Gasteiger partial charge < -0.3 is 5.32 Å². The minimum absolute atomic E-state index is 0.0132. The van der Waals surface area contributed by atoms with E-state index in [1.54, 1.807) is 25.9 Å². The zero-order chi connectivity index (χ0) is 17.1. The quantitative estimate of drug-likeness (QED) is 0.824. The van der Waals surface area contributed by atoms with E-state index >= 15 is 0 Å². The first-order valence-electron chi connectivity index (χ1n) is 6.61. The molecule has 8 heteroatoms. The van der Waals surface area contributed by atoms with E-state index < -0.39 is 29.5 Å². The highest BCUT2D eigenvalue weighted by Crippen LogP contribution is 2.37. The fourth-order valence-corrected chi connectivity index (χ4v) is 1.96. The molecule has 0 radical (unpaired) electrons. The molecule has 1 rings (SSSR count). The molecule has 0 saturated carbocycles. The van der Waals surface area contributed by atoms with E-state index in [0.29, 0.717) is 13.1 Å². The molecule has 0 aliphatic rings. The minimum Gasteiger partial charge on any atom is -0.318 e. The Kier molecular flexibility index (Phi) is 5.86. The third-order valence-corrected chi connectivity index (χ3v) is 3.47. The summed E-state index contributed by atoms with van der Waals surface area (Å²) >= 11 is 0. The Morgan fingerprint density at radius 3 is 1.82 bits per heavy atom. The zero-order valence-corrected chi connectivity index (χ0v) is 12.4. The largest absolute Gasteiger partial charge is 0.416 e. The van der Waals surface area contributed by atoms with Crippen LogP contribution in [0.3, 0.4) is 0 Å². The maximum absolute atomic E-state index is 12.8. The summed E-state index contributed by atoms with van der Waals surface area (Å²) in [7, 11) is 3.36. The molecular formula is C14H18F6N2. The van der Waals surface area contributed by atoms with Crippen molar-refractivity contribution in [3.05, 3.63) is 34.9 Å². The Labute approximate surface area is 125 Å². The van der Waals surface area contributed by atoms with Crippen LogP contribution in [0.25, 0.3) is 0 Å².